The van der Waals surface area contributed by atoms with Crippen LogP contribution in [0.25, 0.3) is 0 Å². The third-order valence-corrected chi connectivity index (χ3v) is 4.26. The molecular formula is C16H23BrFIN4O. The van der Waals surface area contributed by atoms with E-state index >= 15 is 0 Å². The van der Waals surface area contributed by atoms with Crippen molar-refractivity contribution >= 4 is 51.8 Å². The van der Waals surface area contributed by atoms with E-state index in [-0.39, 0.29) is 42.2 Å². The van der Waals surface area contributed by atoms with Crippen molar-refractivity contribution in [3.63, 3.8) is 0 Å². The summed E-state index contributed by atoms with van der Waals surface area (Å²) in [7, 11) is 0. The second kappa shape index (κ2) is 10.9. The average Bonchev–Trinajstić information content (AvgIpc) is 3.07. The van der Waals surface area contributed by atoms with Crippen LogP contribution in [0.15, 0.2) is 27.7 Å². The number of likely N-dealkylation sites (tertiary alicyclic amines) is 1. The average molecular weight is 513 g/mol. The predicted octanol–water partition coefficient (Wildman–Crippen LogP) is 2.88. The number of amides is 1. The Morgan fingerprint density at radius 3 is 2.67 bits per heavy atom. The number of hydrogen-bond acceptors (Lipinski definition) is 2. The molecule has 0 bridgehead atoms. The maximum absolute atomic E-state index is 13.5. The number of carbonyl (C=O) groups is 1. The van der Waals surface area contributed by atoms with Gasteiger partial charge in [-0.1, -0.05) is 6.07 Å². The van der Waals surface area contributed by atoms with E-state index in [1.165, 1.54) is 6.07 Å². The molecule has 1 saturated heterocycles. The molecule has 1 aromatic carbocycles. The molecule has 8 heteroatoms. The standard InChI is InChI=1S/C16H22BrFN4O.HI/c1-2-19-16(21-11-15(23)22-7-3-4-8-22)20-10-12-5-6-13(17)14(18)9-12;/h5-6,9H,2-4,7-8,10-11H2,1H3,(H2,19,20,21);1H. The first kappa shape index (κ1) is 21.1. The van der Waals surface area contributed by atoms with E-state index in [9.17, 15) is 9.18 Å². The predicted molar refractivity (Wildman–Crippen MR) is 108 cm³/mol. The molecule has 1 amide bonds. The number of halogens is 3. The van der Waals surface area contributed by atoms with E-state index in [4.69, 9.17) is 0 Å². The van der Waals surface area contributed by atoms with Crippen molar-refractivity contribution in [2.45, 2.75) is 26.3 Å². The number of hydrogen-bond donors (Lipinski definition) is 2. The fourth-order valence-corrected chi connectivity index (χ4v) is 2.63. The van der Waals surface area contributed by atoms with Gasteiger partial charge >= 0.3 is 0 Å². The SMILES string of the molecule is CCNC(=NCc1ccc(Br)c(F)c1)NCC(=O)N1CCCC1.I. The summed E-state index contributed by atoms with van der Waals surface area (Å²) in [5, 5.41) is 6.13. The summed E-state index contributed by atoms with van der Waals surface area (Å²) in [4.78, 5) is 18.3. The van der Waals surface area contributed by atoms with Gasteiger partial charge in [0, 0.05) is 19.6 Å². The molecule has 1 aliphatic heterocycles. The summed E-state index contributed by atoms with van der Waals surface area (Å²) in [5.41, 5.74) is 0.772. The van der Waals surface area contributed by atoms with Gasteiger partial charge in [0.1, 0.15) is 5.82 Å². The Morgan fingerprint density at radius 2 is 2.04 bits per heavy atom. The number of guanidine groups is 1. The lowest BCUT2D eigenvalue weighted by Crippen LogP contribution is -2.44. The van der Waals surface area contributed by atoms with Crippen LogP contribution in [0.4, 0.5) is 4.39 Å². The molecule has 0 aliphatic carbocycles. The molecule has 1 aliphatic rings. The smallest absolute Gasteiger partial charge is 0.241 e. The van der Waals surface area contributed by atoms with Crippen LogP contribution >= 0.6 is 39.9 Å². The van der Waals surface area contributed by atoms with Crippen molar-refractivity contribution in [1.82, 2.24) is 15.5 Å². The molecule has 5 nitrogen and oxygen atoms in total. The number of nitrogens with zero attached hydrogens (tertiary/aromatic N) is 2. The second-order valence-electron chi connectivity index (χ2n) is 5.39. The molecule has 0 saturated carbocycles. The van der Waals surface area contributed by atoms with E-state index in [0.717, 1.165) is 31.5 Å². The summed E-state index contributed by atoms with van der Waals surface area (Å²) < 4.78 is 13.9. The number of benzene rings is 1. The van der Waals surface area contributed by atoms with Gasteiger partial charge in [0.2, 0.25) is 5.91 Å². The molecule has 2 rings (SSSR count). The van der Waals surface area contributed by atoms with Crippen molar-refractivity contribution < 1.29 is 9.18 Å². The molecule has 1 aromatic rings. The Bertz CT molecular complexity index is 579. The highest BCUT2D eigenvalue weighted by molar-refractivity contribution is 14.0. The van der Waals surface area contributed by atoms with Crippen LogP contribution in [-0.2, 0) is 11.3 Å². The Morgan fingerprint density at radius 1 is 1.33 bits per heavy atom. The van der Waals surface area contributed by atoms with Gasteiger partial charge in [0.15, 0.2) is 5.96 Å². The number of nitrogens with one attached hydrogen (secondary N) is 2. The molecule has 1 fully saturated rings. The molecule has 0 radical (unpaired) electrons. The zero-order valence-electron chi connectivity index (χ0n) is 13.6. The monoisotopic (exact) mass is 512 g/mol. The summed E-state index contributed by atoms with van der Waals surface area (Å²) in [5.74, 6) is 0.339. The Hall–Kier alpha value is -0.900. The van der Waals surface area contributed by atoms with Gasteiger partial charge < -0.3 is 15.5 Å². The van der Waals surface area contributed by atoms with Crippen LogP contribution in [0, 0.1) is 5.82 Å². The van der Waals surface area contributed by atoms with Crippen molar-refractivity contribution in [1.29, 1.82) is 0 Å². The second-order valence-corrected chi connectivity index (χ2v) is 6.24. The minimum atomic E-state index is -0.306. The van der Waals surface area contributed by atoms with Gasteiger partial charge in [-0.05, 0) is 53.4 Å². The first-order valence-corrected chi connectivity index (χ1v) is 8.63. The van der Waals surface area contributed by atoms with Gasteiger partial charge in [-0.15, -0.1) is 24.0 Å². The van der Waals surface area contributed by atoms with Crippen LogP contribution in [0.2, 0.25) is 0 Å². The van der Waals surface area contributed by atoms with Crippen molar-refractivity contribution in [3.05, 3.63) is 34.1 Å². The van der Waals surface area contributed by atoms with E-state index in [1.807, 2.05) is 17.9 Å². The molecule has 0 unspecified atom stereocenters. The van der Waals surface area contributed by atoms with Crippen molar-refractivity contribution in [2.75, 3.05) is 26.2 Å². The first-order chi connectivity index (χ1) is 11.1. The normalized spacial score (nSPS) is 14.3. The third kappa shape index (κ3) is 6.54. The lowest BCUT2D eigenvalue weighted by atomic mass is 10.2. The first-order valence-electron chi connectivity index (χ1n) is 7.84. The Kier molecular flexibility index (Phi) is 9.57. The van der Waals surface area contributed by atoms with E-state index in [0.29, 0.717) is 23.5 Å². The molecular weight excluding hydrogens is 490 g/mol. The largest absolute Gasteiger partial charge is 0.357 e. The highest BCUT2D eigenvalue weighted by Gasteiger charge is 2.17. The molecule has 1 heterocycles. The third-order valence-electron chi connectivity index (χ3n) is 3.61. The van der Waals surface area contributed by atoms with Crippen LogP contribution < -0.4 is 10.6 Å². The summed E-state index contributed by atoms with van der Waals surface area (Å²) in [6.07, 6.45) is 2.16. The highest BCUT2D eigenvalue weighted by Crippen LogP contribution is 2.16. The summed E-state index contributed by atoms with van der Waals surface area (Å²) >= 11 is 3.13. The Balaban J connectivity index is 0.00000288. The topological polar surface area (TPSA) is 56.7 Å². The van der Waals surface area contributed by atoms with Gasteiger partial charge in [-0.25, -0.2) is 9.38 Å². The molecule has 24 heavy (non-hydrogen) atoms. The van der Waals surface area contributed by atoms with Crippen LogP contribution in [-0.4, -0.2) is 42.9 Å². The maximum atomic E-state index is 13.5. The van der Waals surface area contributed by atoms with E-state index in [2.05, 4.69) is 31.6 Å². The minimum Gasteiger partial charge on any atom is -0.357 e. The molecule has 0 spiro atoms. The van der Waals surface area contributed by atoms with Gasteiger partial charge in [-0.2, -0.15) is 0 Å². The summed E-state index contributed by atoms with van der Waals surface area (Å²) in [6.45, 7) is 4.90. The van der Waals surface area contributed by atoms with Crippen LogP contribution in [0.1, 0.15) is 25.3 Å². The number of aliphatic imine (C=N–C) groups is 1. The fraction of sp³-hybridized carbons (Fsp3) is 0.500. The minimum absolute atomic E-state index is 0. The lowest BCUT2D eigenvalue weighted by molar-refractivity contribution is -0.128. The lowest BCUT2D eigenvalue weighted by Gasteiger charge is -2.17. The van der Waals surface area contributed by atoms with Gasteiger partial charge in [0.05, 0.1) is 17.6 Å². The maximum Gasteiger partial charge on any atom is 0.241 e. The number of carbonyl (C=O) groups excluding carboxylic acids is 1. The highest BCUT2D eigenvalue weighted by atomic mass is 127. The number of rotatable bonds is 5. The van der Waals surface area contributed by atoms with Gasteiger partial charge in [-0.3, -0.25) is 4.79 Å². The zero-order chi connectivity index (χ0) is 16.7. The van der Waals surface area contributed by atoms with Crippen LogP contribution in [0.3, 0.4) is 0 Å². The van der Waals surface area contributed by atoms with Crippen molar-refractivity contribution in [3.8, 4) is 0 Å². The fourth-order valence-electron chi connectivity index (χ4n) is 2.39. The molecule has 2 N–H and O–H groups in total. The molecule has 0 aromatic heterocycles. The summed E-state index contributed by atoms with van der Waals surface area (Å²) in [6, 6.07) is 4.93. The van der Waals surface area contributed by atoms with Gasteiger partial charge in [0.25, 0.3) is 0 Å². The van der Waals surface area contributed by atoms with Crippen molar-refractivity contribution in [2.24, 2.45) is 4.99 Å². The zero-order valence-corrected chi connectivity index (χ0v) is 17.6. The van der Waals surface area contributed by atoms with Crippen LogP contribution in [0.5, 0.6) is 0 Å². The Labute approximate surface area is 167 Å². The quantitative estimate of drug-likeness (QED) is 0.362. The van der Waals surface area contributed by atoms with E-state index < -0.39 is 0 Å². The van der Waals surface area contributed by atoms with E-state index in [1.54, 1.807) is 6.07 Å². The molecule has 0 atom stereocenters. The molecule has 134 valence electrons.